The number of nitrogens with zero attached hydrogens (tertiary/aromatic N) is 24. The monoisotopic (exact) mass is 1700 g/mol. The van der Waals surface area contributed by atoms with E-state index in [1.807, 2.05) is 12.1 Å². The van der Waals surface area contributed by atoms with E-state index < -0.39 is 180 Å². The highest BCUT2D eigenvalue weighted by Gasteiger charge is 2.41. The van der Waals surface area contributed by atoms with Gasteiger partial charge in [0.15, 0.2) is 104 Å². The SMILES string of the molecule is N#CC(C#N)=c1c(F)c(F)c(=C(C#N)C#N)c(F)c1F.[C-]#[N+]/N=C1/C(Cl)=C(F)C(=NC#N)c2c(F)c(F)c(F)c(F)c21.[C-]#[N+]/N=C1/C=C(Cl)C(=NC#N)C=C1Cl.[C-]#[N+]/N=C1\C(F)=C(Cl)C(=NC#N)C(F)=C1Cl.[C-]#[N+]N=C1C(F)=C(F)C(=NC#N)C(F)=C1F.[C-]#[N+]c1sc2c(=O)c3sc(C#N)c(C#N)sc3c(=O)c2sc1[N+]#[C-]. The van der Waals surface area contributed by atoms with E-state index >= 15 is 0 Å². The first-order chi connectivity index (χ1) is 53.1. The van der Waals surface area contributed by atoms with Crippen molar-refractivity contribution in [3.8, 4) is 61.2 Å². The second-order valence-electron chi connectivity index (χ2n) is 17.9. The van der Waals surface area contributed by atoms with Gasteiger partial charge >= 0.3 is 0 Å². The van der Waals surface area contributed by atoms with Gasteiger partial charge < -0.3 is 0 Å². The van der Waals surface area contributed by atoms with Gasteiger partial charge in [-0.2, -0.15) is 122 Å². The topological polar surface area (TPSA) is 397 Å². The number of rotatable bonds is 0. The number of aliphatic imine (C=N–C) groups is 4. The average Bonchev–Trinajstić information content (AvgIpc) is 0.729. The van der Waals surface area contributed by atoms with Crippen molar-refractivity contribution in [1.29, 1.82) is 52.6 Å². The largest absolute Gasteiger partial charge is 0.287 e. The molecule has 0 unspecified atom stereocenters. The summed E-state index contributed by atoms with van der Waals surface area (Å²) in [5, 5.41) is 92.3. The quantitative estimate of drug-likeness (QED) is 0.0204. The summed E-state index contributed by atoms with van der Waals surface area (Å²) < 4.78 is 202. The van der Waals surface area contributed by atoms with Crippen LogP contribution in [0.2, 0.25) is 0 Å². The van der Waals surface area contributed by atoms with Crippen LogP contribution >= 0.6 is 103 Å². The van der Waals surface area contributed by atoms with Crippen LogP contribution in [-0.2, 0) is 0 Å². The normalized spacial score (nSPS) is 15.1. The van der Waals surface area contributed by atoms with Gasteiger partial charge in [0.05, 0.1) is 89.7 Å². The standard InChI is InChI=1S/C14N4O2S4.C12ClF5N4.C12F4N4.C8Cl2F2N4.C8H2Cl2N4.C8F4N4/c1-17-13-14(18-2)24-12-8(20)10-9(7(19)11(12)23-13)21-5(3-15)6(4-16)22-10;1-20-22-11-3-4(7(15)10(18)9(17)6(3)14)12(21-2-19)8(16)5(11)13;13-9-7(5(1-17)2-18)10(14)12(16)8(11(9)15)6(3-19)4-20;1-14-16-8-4(10)5(11)7(15-2-13)3(9)6(8)12;1-12-14-8-3-5(9)7(13-4-11)2-6(8)10;1-14-16-8-5(11)3(9)7(15-2-13)4(10)6(8)12/h;;;;2-3H;/b;21-12?,22-11+;;15-7?,16-8-;13-7?,14-8-;. The van der Waals surface area contributed by atoms with Crippen molar-refractivity contribution in [2.24, 2.45) is 40.4 Å². The molecule has 3 aromatic carbocycles. The fourth-order valence-corrected chi connectivity index (χ4v) is 12.8. The lowest BCUT2D eigenvalue weighted by atomic mass is 9.91. The molecule has 0 saturated heterocycles. The van der Waals surface area contributed by atoms with E-state index in [0.717, 1.165) is 82.0 Å². The zero-order valence-electron chi connectivity index (χ0n) is 51.9. The summed E-state index contributed by atoms with van der Waals surface area (Å²) in [5.41, 5.74) is -11.3. The lowest BCUT2D eigenvalue weighted by Crippen LogP contribution is -2.31. The molecular weight excluding hydrogens is 1700 g/mol. The number of halogens is 20. The molecule has 9 rings (SSSR count). The van der Waals surface area contributed by atoms with E-state index in [1.165, 1.54) is 18.3 Å². The van der Waals surface area contributed by atoms with Crippen molar-refractivity contribution >= 4 is 189 Å². The molecule has 0 saturated carbocycles. The van der Waals surface area contributed by atoms with Gasteiger partial charge in [-0.05, 0) is 12.2 Å². The number of allylic oxidation sites excluding steroid dienone is 14. The molecule has 546 valence electrons. The molecule has 0 amide bonds. The van der Waals surface area contributed by atoms with Gasteiger partial charge in [0.25, 0.3) is 10.0 Å². The Morgan fingerprint density at radius 3 is 1.03 bits per heavy atom. The smallest absolute Gasteiger partial charge is 0.259 e. The van der Waals surface area contributed by atoms with Crippen LogP contribution < -0.4 is 21.3 Å². The van der Waals surface area contributed by atoms with Gasteiger partial charge in [0, 0.05) is 0 Å². The zero-order chi connectivity index (χ0) is 84.6. The van der Waals surface area contributed by atoms with Gasteiger partial charge in [-0.3, -0.25) is 9.59 Å². The summed E-state index contributed by atoms with van der Waals surface area (Å²) >= 11 is 31.1. The lowest BCUT2D eigenvalue weighted by molar-refractivity contribution is 0.407. The molecule has 2 aromatic heterocycles. The molecule has 0 fully saturated rings. The van der Waals surface area contributed by atoms with Gasteiger partial charge in [-0.1, -0.05) is 58.0 Å². The van der Waals surface area contributed by atoms with E-state index in [4.69, 9.17) is 150 Å². The summed E-state index contributed by atoms with van der Waals surface area (Å²) in [7, 11) is 0. The molecular formula is C62H2Cl5F15N24O2S4. The molecule has 4 aliphatic carbocycles. The first kappa shape index (κ1) is 89.5. The van der Waals surface area contributed by atoms with Crippen LogP contribution in [0.5, 0.6) is 0 Å². The Bertz CT molecular complexity index is 5960. The molecule has 50 heteroatoms. The first-order valence-corrected chi connectivity index (χ1v) is 31.4. The maximum Gasteiger partial charge on any atom is 0.259 e. The highest BCUT2D eigenvalue weighted by Crippen LogP contribution is 2.43. The van der Waals surface area contributed by atoms with Crippen molar-refractivity contribution in [1.82, 2.24) is 0 Å². The number of hydrogen-bond acceptors (Lipinski definition) is 24. The Hall–Kier alpha value is -14.9. The van der Waals surface area contributed by atoms with Crippen molar-refractivity contribution in [3.63, 3.8) is 0 Å². The van der Waals surface area contributed by atoms with Gasteiger partial charge in [-0.25, -0.2) is 75.5 Å². The maximum absolute atomic E-state index is 14.0. The zero-order valence-corrected chi connectivity index (χ0v) is 58.9. The Kier molecular flexibility index (Phi) is 32.1. The van der Waals surface area contributed by atoms with Crippen LogP contribution in [0.1, 0.15) is 20.9 Å². The summed E-state index contributed by atoms with van der Waals surface area (Å²) in [6, 6.07) is 8.06. The van der Waals surface area contributed by atoms with Crippen molar-refractivity contribution in [3.05, 3.63) is 245 Å². The Morgan fingerprint density at radius 1 is 0.348 bits per heavy atom. The molecule has 0 aliphatic heterocycles. The summed E-state index contributed by atoms with van der Waals surface area (Å²) in [4.78, 5) is 54.0. The van der Waals surface area contributed by atoms with Gasteiger partial charge in [0.1, 0.15) is 83.8 Å². The minimum atomic E-state index is -2.23. The fraction of sp³-hybridized carbons (Fsp3) is 0. The number of nitriles is 10. The molecule has 26 nitrogen and oxygen atoms in total. The van der Waals surface area contributed by atoms with E-state index in [1.54, 1.807) is 6.19 Å². The maximum atomic E-state index is 14.0. The second-order valence-corrected chi connectivity index (χ2v) is 23.9. The minimum Gasteiger partial charge on any atom is -0.287 e. The van der Waals surface area contributed by atoms with Gasteiger partial charge in [-0.15, -0.1) is 42.5 Å². The third-order valence-electron chi connectivity index (χ3n) is 12.1. The predicted octanol–water partition coefficient (Wildman–Crippen LogP) is 16.6. The third-order valence-corrected chi connectivity index (χ3v) is 18.6. The molecule has 0 atom stereocenters. The van der Waals surface area contributed by atoms with Crippen molar-refractivity contribution in [2.45, 2.75) is 0 Å². The molecule has 2 heterocycles. The molecule has 0 radical (unpaired) electrons. The van der Waals surface area contributed by atoms with E-state index in [-0.39, 0.29) is 60.0 Å². The highest BCUT2D eigenvalue weighted by molar-refractivity contribution is 7.35. The molecule has 5 aromatic rings. The Balaban J connectivity index is 0.000000286. The Labute approximate surface area is 650 Å². The number of fused-ring (bicyclic) bond motifs is 3. The van der Waals surface area contributed by atoms with Crippen LogP contribution in [0.15, 0.2) is 128 Å². The summed E-state index contributed by atoms with van der Waals surface area (Å²) in [6.07, 6.45) is 7.72. The van der Waals surface area contributed by atoms with Crippen molar-refractivity contribution < 1.29 is 65.9 Å². The van der Waals surface area contributed by atoms with Crippen LogP contribution in [0.25, 0.3) is 59.5 Å². The van der Waals surface area contributed by atoms with E-state index in [0.29, 0.717) is 0 Å². The molecule has 0 N–H and O–H groups in total. The molecule has 0 spiro atoms. The Morgan fingerprint density at radius 2 is 0.652 bits per heavy atom. The van der Waals surface area contributed by atoms with Crippen LogP contribution in [0.3, 0.4) is 0 Å². The minimum absolute atomic E-state index is 0.0566. The van der Waals surface area contributed by atoms with Crippen LogP contribution in [-0.4, -0.2) is 45.7 Å². The second kappa shape index (κ2) is 40.2. The fourth-order valence-electron chi connectivity index (χ4n) is 7.59. The number of hydrogen-bond donors (Lipinski definition) is 0. The summed E-state index contributed by atoms with van der Waals surface area (Å²) in [5.74, 6) is -27.9. The van der Waals surface area contributed by atoms with Crippen molar-refractivity contribution in [2.75, 3.05) is 0 Å². The molecule has 0 bridgehead atoms. The van der Waals surface area contributed by atoms with Gasteiger partial charge in [0.2, 0.25) is 47.1 Å². The third kappa shape index (κ3) is 18.6. The first-order valence-electron chi connectivity index (χ1n) is 26.2. The highest BCUT2D eigenvalue weighted by atomic mass is 35.5. The average molecular weight is 1710 g/mol. The molecule has 112 heavy (non-hydrogen) atoms. The number of benzene rings is 3. The predicted molar refractivity (Wildman–Crippen MR) is 372 cm³/mol. The van der Waals surface area contributed by atoms with Crippen LogP contribution in [0.4, 0.5) is 75.9 Å². The molecule has 4 aliphatic rings. The van der Waals surface area contributed by atoms with E-state index in [9.17, 15) is 75.4 Å². The van der Waals surface area contributed by atoms with E-state index in [2.05, 4.69) is 69.9 Å². The summed E-state index contributed by atoms with van der Waals surface area (Å²) in [6.45, 7) is 39.9. The lowest BCUT2D eigenvalue weighted by Gasteiger charge is -2.18. The van der Waals surface area contributed by atoms with Crippen LogP contribution in [0, 0.1) is 200 Å².